The Labute approximate surface area is 91.6 Å². The molecule has 3 heterocycles. The largest absolute Gasteiger partial charge is 0.364 e. The fourth-order valence-electron chi connectivity index (χ4n) is 1.53. The molecule has 0 fully saturated rings. The van der Waals surface area contributed by atoms with E-state index in [0.717, 1.165) is 17.0 Å². The molecular formula is C11H8N4O. The van der Waals surface area contributed by atoms with Gasteiger partial charge < -0.3 is 4.52 Å². The second-order valence-electron chi connectivity index (χ2n) is 3.33. The molecule has 0 bridgehead atoms. The molecule has 3 rings (SSSR count). The third-order valence-corrected chi connectivity index (χ3v) is 2.29. The molecule has 78 valence electrons. The van der Waals surface area contributed by atoms with E-state index in [-0.39, 0.29) is 0 Å². The van der Waals surface area contributed by atoms with Gasteiger partial charge in [-0.2, -0.15) is 0 Å². The second-order valence-corrected chi connectivity index (χ2v) is 3.33. The minimum atomic E-state index is 0.597. The zero-order valence-electron chi connectivity index (χ0n) is 8.37. The van der Waals surface area contributed by atoms with Crippen LogP contribution in [0.2, 0.25) is 0 Å². The summed E-state index contributed by atoms with van der Waals surface area (Å²) >= 11 is 0. The van der Waals surface area contributed by atoms with Gasteiger partial charge in [0.05, 0.1) is 6.54 Å². The molecule has 0 unspecified atom stereocenters. The molecule has 1 aliphatic rings. The van der Waals surface area contributed by atoms with Crippen LogP contribution in [0.15, 0.2) is 46.4 Å². The molecule has 0 saturated heterocycles. The van der Waals surface area contributed by atoms with Gasteiger partial charge in [0.1, 0.15) is 17.7 Å². The van der Waals surface area contributed by atoms with Gasteiger partial charge in [-0.15, -0.1) is 0 Å². The molecule has 0 amide bonds. The van der Waals surface area contributed by atoms with Crippen LogP contribution in [0.1, 0.15) is 11.5 Å². The number of nitrogens with zero attached hydrogens (tertiary/aromatic N) is 4. The fourth-order valence-corrected chi connectivity index (χ4v) is 1.53. The maximum absolute atomic E-state index is 4.79. The van der Waals surface area contributed by atoms with Crippen molar-refractivity contribution in [3.63, 3.8) is 0 Å². The number of aliphatic imine (C=N–C) groups is 1. The van der Waals surface area contributed by atoms with Crippen molar-refractivity contribution in [3.05, 3.63) is 48.4 Å². The van der Waals surface area contributed by atoms with Gasteiger partial charge in [0.25, 0.3) is 0 Å². The summed E-state index contributed by atoms with van der Waals surface area (Å²) in [6, 6.07) is 3.59. The first-order valence-electron chi connectivity index (χ1n) is 4.86. The van der Waals surface area contributed by atoms with Crippen LogP contribution in [-0.4, -0.2) is 27.4 Å². The van der Waals surface area contributed by atoms with E-state index in [1.165, 1.54) is 0 Å². The Bertz CT molecular complexity index is 543. The predicted octanol–water partition coefficient (Wildman–Crippen LogP) is 1.35. The monoisotopic (exact) mass is 212 g/mol. The summed E-state index contributed by atoms with van der Waals surface area (Å²) < 4.78 is 4.79. The van der Waals surface area contributed by atoms with Crippen LogP contribution in [0.4, 0.5) is 0 Å². The predicted molar refractivity (Wildman–Crippen MR) is 57.9 cm³/mol. The Morgan fingerprint density at radius 2 is 2.06 bits per heavy atom. The zero-order chi connectivity index (χ0) is 10.8. The number of hydrogen-bond acceptors (Lipinski definition) is 5. The average Bonchev–Trinajstić information content (AvgIpc) is 3.01. The Kier molecular flexibility index (Phi) is 2.07. The van der Waals surface area contributed by atoms with Crippen LogP contribution >= 0.6 is 0 Å². The highest BCUT2D eigenvalue weighted by atomic mass is 16.5. The van der Waals surface area contributed by atoms with Crippen LogP contribution in [0, 0.1) is 0 Å². The van der Waals surface area contributed by atoms with Crippen molar-refractivity contribution in [2.24, 2.45) is 4.99 Å². The number of hydrogen-bond donors (Lipinski definition) is 0. The third kappa shape index (κ3) is 1.52. The molecule has 5 heteroatoms. The number of aromatic nitrogens is 3. The highest BCUT2D eigenvalue weighted by molar-refractivity contribution is 6.12. The van der Waals surface area contributed by atoms with E-state index >= 15 is 0 Å². The third-order valence-electron chi connectivity index (χ3n) is 2.29. The van der Waals surface area contributed by atoms with Crippen LogP contribution in [0.5, 0.6) is 0 Å². The van der Waals surface area contributed by atoms with Crippen molar-refractivity contribution < 1.29 is 4.52 Å². The average molecular weight is 212 g/mol. The topological polar surface area (TPSA) is 64.2 Å². The lowest BCUT2D eigenvalue weighted by Gasteiger charge is -1.93. The summed E-state index contributed by atoms with van der Waals surface area (Å²) in [6.07, 6.45) is 6.89. The molecule has 0 saturated carbocycles. The van der Waals surface area contributed by atoms with Gasteiger partial charge in [-0.1, -0.05) is 5.16 Å². The van der Waals surface area contributed by atoms with Gasteiger partial charge in [-0.3, -0.25) is 4.99 Å². The molecule has 0 spiro atoms. The van der Waals surface area contributed by atoms with E-state index in [9.17, 15) is 0 Å². The van der Waals surface area contributed by atoms with Gasteiger partial charge in [-0.05, 0) is 12.1 Å². The van der Waals surface area contributed by atoms with Crippen molar-refractivity contribution in [1.82, 2.24) is 15.1 Å². The highest BCUT2D eigenvalue weighted by Crippen LogP contribution is 2.18. The van der Waals surface area contributed by atoms with E-state index < -0.39 is 0 Å². The van der Waals surface area contributed by atoms with Crippen LogP contribution in [-0.2, 0) is 0 Å². The highest BCUT2D eigenvalue weighted by Gasteiger charge is 2.14. The molecule has 0 radical (unpaired) electrons. The molecule has 0 N–H and O–H groups in total. The maximum Gasteiger partial charge on any atom is 0.177 e. The standard InChI is InChI=1S/C11H8N4O/c1-3-12-11(13-4-1)10-6-8(7-14-10)9-2-5-16-15-9/h1-6H,7H2. The van der Waals surface area contributed by atoms with Gasteiger partial charge >= 0.3 is 0 Å². The fraction of sp³-hybridized carbons (Fsp3) is 0.0909. The molecule has 0 atom stereocenters. The van der Waals surface area contributed by atoms with Gasteiger partial charge in [-0.25, -0.2) is 9.97 Å². The first-order chi connectivity index (χ1) is 7.93. The Morgan fingerprint density at radius 1 is 1.19 bits per heavy atom. The first kappa shape index (κ1) is 8.96. The van der Waals surface area contributed by atoms with Crippen molar-refractivity contribution in [3.8, 4) is 0 Å². The van der Waals surface area contributed by atoms with Crippen LogP contribution in [0.3, 0.4) is 0 Å². The van der Waals surface area contributed by atoms with E-state index in [2.05, 4.69) is 20.1 Å². The lowest BCUT2D eigenvalue weighted by Crippen LogP contribution is -2.00. The van der Waals surface area contributed by atoms with Gasteiger partial charge in [0, 0.05) is 24.0 Å². The van der Waals surface area contributed by atoms with Crippen molar-refractivity contribution in [2.75, 3.05) is 6.54 Å². The van der Waals surface area contributed by atoms with E-state index in [0.29, 0.717) is 12.4 Å². The molecule has 16 heavy (non-hydrogen) atoms. The molecule has 5 nitrogen and oxygen atoms in total. The van der Waals surface area contributed by atoms with E-state index in [1.54, 1.807) is 24.7 Å². The Morgan fingerprint density at radius 3 is 2.81 bits per heavy atom. The minimum absolute atomic E-state index is 0.597. The Hall–Kier alpha value is -2.30. The number of allylic oxidation sites excluding steroid dienone is 1. The molecule has 2 aromatic heterocycles. The molecular weight excluding hydrogens is 204 g/mol. The maximum atomic E-state index is 4.79. The van der Waals surface area contributed by atoms with Crippen LogP contribution in [0.25, 0.3) is 5.57 Å². The first-order valence-corrected chi connectivity index (χ1v) is 4.86. The minimum Gasteiger partial charge on any atom is -0.364 e. The normalized spacial score (nSPS) is 14.8. The van der Waals surface area contributed by atoms with Gasteiger partial charge in [0.2, 0.25) is 0 Å². The summed E-state index contributed by atoms with van der Waals surface area (Å²) in [5, 5.41) is 3.87. The summed E-state index contributed by atoms with van der Waals surface area (Å²) in [5.74, 6) is 0.640. The van der Waals surface area contributed by atoms with E-state index in [1.807, 2.05) is 12.1 Å². The van der Waals surface area contributed by atoms with Crippen LogP contribution < -0.4 is 0 Å². The van der Waals surface area contributed by atoms with E-state index in [4.69, 9.17) is 4.52 Å². The van der Waals surface area contributed by atoms with Crippen molar-refractivity contribution in [1.29, 1.82) is 0 Å². The smallest absolute Gasteiger partial charge is 0.177 e. The molecule has 0 aromatic carbocycles. The molecule has 2 aromatic rings. The van der Waals surface area contributed by atoms with Gasteiger partial charge in [0.15, 0.2) is 5.82 Å². The Balaban J connectivity index is 1.91. The van der Waals surface area contributed by atoms with Crippen molar-refractivity contribution in [2.45, 2.75) is 0 Å². The lowest BCUT2D eigenvalue weighted by atomic mass is 10.2. The van der Waals surface area contributed by atoms with Crippen molar-refractivity contribution >= 4 is 11.3 Å². The molecule has 1 aliphatic heterocycles. The quantitative estimate of drug-likeness (QED) is 0.753. The summed E-state index contributed by atoms with van der Waals surface area (Å²) in [5.41, 5.74) is 2.63. The zero-order valence-corrected chi connectivity index (χ0v) is 8.37. The molecule has 0 aliphatic carbocycles. The summed E-state index contributed by atoms with van der Waals surface area (Å²) in [6.45, 7) is 0.597. The number of rotatable bonds is 2. The SMILES string of the molecule is C1=C(c2ccon2)CN=C1c1ncccn1. The summed E-state index contributed by atoms with van der Waals surface area (Å²) in [7, 11) is 0. The lowest BCUT2D eigenvalue weighted by molar-refractivity contribution is 0.417. The second kappa shape index (κ2) is 3.69. The summed E-state index contributed by atoms with van der Waals surface area (Å²) in [4.78, 5) is 12.7.